The number of aromatic carboxylic acids is 2. The summed E-state index contributed by atoms with van der Waals surface area (Å²) >= 11 is 0. The van der Waals surface area contributed by atoms with Gasteiger partial charge in [-0.1, -0.05) is 65.5 Å². The number of ether oxygens (including phenoxy) is 2. The number of aryl methyl sites for hydroxylation is 1. The molecule has 0 radical (unpaired) electrons. The molecule has 0 atom stereocenters. The lowest BCUT2D eigenvalue weighted by Gasteiger charge is -2.14. The molecule has 6 heteroatoms. The van der Waals surface area contributed by atoms with Crippen LogP contribution in [0.5, 0.6) is 11.5 Å². The van der Waals surface area contributed by atoms with E-state index in [0.717, 1.165) is 88.1 Å². The van der Waals surface area contributed by atoms with Gasteiger partial charge in [-0.3, -0.25) is 0 Å². The van der Waals surface area contributed by atoms with Gasteiger partial charge in [-0.05, 0) is 67.9 Å². The molecule has 2 aromatic rings. The molecule has 0 aliphatic heterocycles. The average Bonchev–Trinajstić information content (AvgIpc) is 2.86. The van der Waals surface area contributed by atoms with Crippen molar-refractivity contribution in [3.8, 4) is 11.5 Å². The summed E-state index contributed by atoms with van der Waals surface area (Å²) < 4.78 is 11.2. The molecule has 0 spiro atoms. The van der Waals surface area contributed by atoms with Crippen LogP contribution < -0.4 is 9.47 Å². The van der Waals surface area contributed by atoms with Crippen molar-refractivity contribution in [2.45, 2.75) is 91.9 Å². The third-order valence-electron chi connectivity index (χ3n) is 5.77. The molecule has 0 saturated heterocycles. The fourth-order valence-corrected chi connectivity index (χ4v) is 3.68. The molecule has 0 fully saturated rings. The van der Waals surface area contributed by atoms with E-state index in [1.165, 1.54) is 6.07 Å². The van der Waals surface area contributed by atoms with E-state index in [1.54, 1.807) is 6.07 Å². The highest BCUT2D eigenvalue weighted by Gasteiger charge is 2.22. The molecule has 2 N–H and O–H groups in total. The lowest BCUT2D eigenvalue weighted by Crippen LogP contribution is -2.14. The Bertz CT molecular complexity index is 896. The van der Waals surface area contributed by atoms with E-state index < -0.39 is 11.9 Å². The van der Waals surface area contributed by atoms with Gasteiger partial charge in [-0.2, -0.15) is 0 Å². The van der Waals surface area contributed by atoms with Gasteiger partial charge in [0, 0.05) is 6.07 Å². The minimum Gasteiger partial charge on any atom is -0.493 e. The lowest BCUT2D eigenvalue weighted by atomic mass is 9.90. The van der Waals surface area contributed by atoms with E-state index in [0.29, 0.717) is 12.0 Å². The van der Waals surface area contributed by atoms with E-state index in [4.69, 9.17) is 14.6 Å². The van der Waals surface area contributed by atoms with Gasteiger partial charge in [0.1, 0.15) is 11.5 Å². The summed E-state index contributed by atoms with van der Waals surface area (Å²) in [5.74, 6) is -0.515. The summed E-state index contributed by atoms with van der Waals surface area (Å²) in [6.07, 6.45) is 9.75. The second-order valence-corrected chi connectivity index (χ2v) is 8.82. The third-order valence-corrected chi connectivity index (χ3v) is 5.77. The van der Waals surface area contributed by atoms with Crippen molar-refractivity contribution in [1.82, 2.24) is 0 Å². The van der Waals surface area contributed by atoms with Crippen LogP contribution >= 0.6 is 0 Å². The Morgan fingerprint density at radius 1 is 0.694 bits per heavy atom. The van der Waals surface area contributed by atoms with Gasteiger partial charge in [0.25, 0.3) is 0 Å². The molecular formula is C30H44O6. The van der Waals surface area contributed by atoms with Gasteiger partial charge in [0.2, 0.25) is 0 Å². The number of hydrogen-bond acceptors (Lipinski definition) is 4. The molecule has 0 bridgehead atoms. The predicted octanol–water partition coefficient (Wildman–Crippen LogP) is 7.81. The standard InChI is InChI=1S/C16H22O4.C14H22O2/c1-3-5-7-11-9-10-13(15(17)18)14(16(19)20)12(11)8-6-4-2;1-3-5-10-15-13-8-7-9-14(12-13)16-11-6-4-2/h9-10H,3-8H2,1-2H3,(H,17,18)(H,19,20);7-9,12H,3-6,10-11H2,1-2H3. The number of unbranched alkanes of at least 4 members (excludes halogenated alkanes) is 4. The number of hydrogen-bond donors (Lipinski definition) is 2. The van der Waals surface area contributed by atoms with Crippen LogP contribution in [0.2, 0.25) is 0 Å². The molecule has 0 unspecified atom stereocenters. The maximum absolute atomic E-state index is 11.5. The van der Waals surface area contributed by atoms with Gasteiger partial charge in [0.05, 0.1) is 24.3 Å². The van der Waals surface area contributed by atoms with Gasteiger partial charge >= 0.3 is 11.9 Å². The Morgan fingerprint density at radius 2 is 1.22 bits per heavy atom. The molecule has 2 rings (SSSR count). The van der Waals surface area contributed by atoms with Gasteiger partial charge in [-0.25, -0.2) is 9.59 Å². The zero-order chi connectivity index (χ0) is 26.8. The molecule has 0 aromatic heterocycles. The second-order valence-electron chi connectivity index (χ2n) is 8.82. The first-order valence-electron chi connectivity index (χ1n) is 13.4. The van der Waals surface area contributed by atoms with Crippen LogP contribution in [0.1, 0.15) is 111 Å². The van der Waals surface area contributed by atoms with Crippen molar-refractivity contribution >= 4 is 11.9 Å². The van der Waals surface area contributed by atoms with Crippen LogP contribution in [-0.4, -0.2) is 35.4 Å². The van der Waals surface area contributed by atoms with E-state index in [-0.39, 0.29) is 11.1 Å². The number of rotatable bonds is 16. The van der Waals surface area contributed by atoms with Crippen LogP contribution in [0.4, 0.5) is 0 Å². The minimum absolute atomic E-state index is 0.0282. The number of carboxylic acids is 2. The normalized spacial score (nSPS) is 10.3. The first-order valence-corrected chi connectivity index (χ1v) is 13.4. The highest BCUT2D eigenvalue weighted by molar-refractivity contribution is 6.03. The van der Waals surface area contributed by atoms with Gasteiger partial charge in [-0.15, -0.1) is 0 Å². The SMILES string of the molecule is CCCCOc1cccc(OCCCC)c1.CCCCc1ccc(C(=O)O)c(C(=O)O)c1CCCC. The number of benzene rings is 2. The van der Waals surface area contributed by atoms with E-state index in [2.05, 4.69) is 20.8 Å². The number of carboxylic acid groups (broad SMARTS) is 2. The summed E-state index contributed by atoms with van der Waals surface area (Å²) in [6.45, 7) is 10.0. The van der Waals surface area contributed by atoms with Crippen LogP contribution in [0.25, 0.3) is 0 Å². The van der Waals surface area contributed by atoms with Crippen LogP contribution in [0.3, 0.4) is 0 Å². The molecule has 0 amide bonds. The Labute approximate surface area is 216 Å². The molecule has 0 aliphatic rings. The van der Waals surface area contributed by atoms with Crippen molar-refractivity contribution in [2.24, 2.45) is 0 Å². The van der Waals surface area contributed by atoms with Crippen LogP contribution in [0.15, 0.2) is 36.4 Å². The average molecular weight is 501 g/mol. The van der Waals surface area contributed by atoms with E-state index in [9.17, 15) is 14.7 Å². The van der Waals surface area contributed by atoms with Crippen molar-refractivity contribution < 1.29 is 29.3 Å². The highest BCUT2D eigenvalue weighted by Crippen LogP contribution is 2.24. The summed E-state index contributed by atoms with van der Waals surface area (Å²) in [5.41, 5.74) is 1.54. The molecule has 36 heavy (non-hydrogen) atoms. The fourth-order valence-electron chi connectivity index (χ4n) is 3.68. The Kier molecular flexibility index (Phi) is 15.7. The Hall–Kier alpha value is -3.02. The molecule has 2 aromatic carbocycles. The second kappa shape index (κ2) is 18.3. The summed E-state index contributed by atoms with van der Waals surface area (Å²) in [4.78, 5) is 22.7. The maximum Gasteiger partial charge on any atom is 0.336 e. The molecular weight excluding hydrogens is 456 g/mol. The molecule has 6 nitrogen and oxygen atoms in total. The van der Waals surface area contributed by atoms with Crippen molar-refractivity contribution in [1.29, 1.82) is 0 Å². The van der Waals surface area contributed by atoms with Crippen molar-refractivity contribution in [3.63, 3.8) is 0 Å². The van der Waals surface area contributed by atoms with Gasteiger partial charge < -0.3 is 19.7 Å². The first kappa shape index (κ1) is 31.0. The molecule has 0 saturated carbocycles. The number of carbonyl (C=O) groups is 2. The lowest BCUT2D eigenvalue weighted by molar-refractivity contribution is 0.0650. The molecule has 200 valence electrons. The smallest absolute Gasteiger partial charge is 0.336 e. The largest absolute Gasteiger partial charge is 0.493 e. The zero-order valence-corrected chi connectivity index (χ0v) is 22.5. The Balaban J connectivity index is 0.000000369. The monoisotopic (exact) mass is 500 g/mol. The quantitative estimate of drug-likeness (QED) is 0.228. The van der Waals surface area contributed by atoms with E-state index in [1.807, 2.05) is 31.2 Å². The third kappa shape index (κ3) is 11.1. The first-order chi connectivity index (χ1) is 17.4. The predicted molar refractivity (Wildman–Crippen MR) is 145 cm³/mol. The summed E-state index contributed by atoms with van der Waals surface area (Å²) in [7, 11) is 0. The highest BCUT2D eigenvalue weighted by atomic mass is 16.5. The minimum atomic E-state index is -1.18. The van der Waals surface area contributed by atoms with Crippen LogP contribution in [-0.2, 0) is 12.8 Å². The Morgan fingerprint density at radius 3 is 1.69 bits per heavy atom. The summed E-state index contributed by atoms with van der Waals surface area (Å²) in [6, 6.07) is 11.1. The zero-order valence-electron chi connectivity index (χ0n) is 22.5. The van der Waals surface area contributed by atoms with Crippen molar-refractivity contribution in [3.05, 3.63) is 58.7 Å². The van der Waals surface area contributed by atoms with Crippen LogP contribution in [0, 0.1) is 0 Å². The van der Waals surface area contributed by atoms with E-state index >= 15 is 0 Å². The van der Waals surface area contributed by atoms with Gasteiger partial charge in [0.15, 0.2) is 0 Å². The molecule has 0 heterocycles. The maximum atomic E-state index is 11.5. The fraction of sp³-hybridized carbons (Fsp3) is 0.533. The molecule has 0 aliphatic carbocycles. The van der Waals surface area contributed by atoms with Crippen molar-refractivity contribution in [2.75, 3.05) is 13.2 Å². The summed E-state index contributed by atoms with van der Waals surface area (Å²) in [5, 5.41) is 18.5. The topological polar surface area (TPSA) is 93.1 Å².